The van der Waals surface area contributed by atoms with Crippen LogP contribution in [-0.2, 0) is 0 Å². The SMILES string of the molecule is CC.COc1cccc2sc(NC(=O)Nc3ccc(C)cc3)nc12. The van der Waals surface area contributed by atoms with Crippen molar-refractivity contribution >= 4 is 38.4 Å². The van der Waals surface area contributed by atoms with Gasteiger partial charge in [0.25, 0.3) is 0 Å². The number of anilines is 2. The summed E-state index contributed by atoms with van der Waals surface area (Å²) in [5.41, 5.74) is 2.63. The molecule has 0 aliphatic heterocycles. The third-order valence-corrected chi connectivity index (χ3v) is 4.07. The van der Waals surface area contributed by atoms with Crippen LogP contribution in [0, 0.1) is 6.92 Å². The van der Waals surface area contributed by atoms with E-state index in [2.05, 4.69) is 15.6 Å². The molecule has 3 aromatic rings. The van der Waals surface area contributed by atoms with Gasteiger partial charge in [0, 0.05) is 5.69 Å². The number of carbonyl (C=O) groups is 1. The van der Waals surface area contributed by atoms with Crippen molar-refractivity contribution in [3.8, 4) is 5.75 Å². The van der Waals surface area contributed by atoms with Crippen LogP contribution in [0.25, 0.3) is 10.2 Å². The van der Waals surface area contributed by atoms with Crippen molar-refractivity contribution in [1.82, 2.24) is 4.98 Å². The van der Waals surface area contributed by atoms with Gasteiger partial charge < -0.3 is 10.1 Å². The molecule has 0 spiro atoms. The number of hydrogen-bond donors (Lipinski definition) is 2. The first-order valence-electron chi connectivity index (χ1n) is 7.74. The molecule has 24 heavy (non-hydrogen) atoms. The molecule has 0 fully saturated rings. The van der Waals surface area contributed by atoms with Crippen molar-refractivity contribution in [3.05, 3.63) is 48.0 Å². The lowest BCUT2D eigenvalue weighted by atomic mass is 10.2. The Hall–Kier alpha value is -2.60. The topological polar surface area (TPSA) is 63.2 Å². The number of nitrogens with zero attached hydrogens (tertiary/aromatic N) is 1. The number of methoxy groups -OCH3 is 1. The second-order valence-corrected chi connectivity index (χ2v) is 5.80. The first kappa shape index (κ1) is 17.7. The van der Waals surface area contributed by atoms with Crippen LogP contribution in [-0.4, -0.2) is 18.1 Å². The predicted octanol–water partition coefficient (Wildman–Crippen LogP) is 5.28. The Labute approximate surface area is 145 Å². The van der Waals surface area contributed by atoms with E-state index in [-0.39, 0.29) is 6.03 Å². The number of fused-ring (bicyclic) bond motifs is 1. The van der Waals surface area contributed by atoms with Crippen molar-refractivity contribution in [2.75, 3.05) is 17.7 Å². The molecule has 0 bridgehead atoms. The maximum Gasteiger partial charge on any atom is 0.325 e. The molecule has 2 aromatic carbocycles. The van der Waals surface area contributed by atoms with Gasteiger partial charge in [-0.15, -0.1) is 0 Å². The molecule has 6 heteroatoms. The third-order valence-electron chi connectivity index (χ3n) is 3.13. The van der Waals surface area contributed by atoms with Crippen LogP contribution in [0.1, 0.15) is 19.4 Å². The number of para-hydroxylation sites is 1. The van der Waals surface area contributed by atoms with E-state index < -0.39 is 0 Å². The molecule has 2 N–H and O–H groups in total. The molecule has 0 radical (unpaired) electrons. The highest BCUT2D eigenvalue weighted by molar-refractivity contribution is 7.22. The number of thiazole rings is 1. The lowest BCUT2D eigenvalue weighted by molar-refractivity contribution is 0.262. The Kier molecular flexibility index (Phi) is 6.14. The van der Waals surface area contributed by atoms with Gasteiger partial charge in [0.15, 0.2) is 5.13 Å². The second-order valence-electron chi connectivity index (χ2n) is 4.77. The van der Waals surface area contributed by atoms with Crippen LogP contribution in [0.3, 0.4) is 0 Å². The van der Waals surface area contributed by atoms with Crippen molar-refractivity contribution < 1.29 is 9.53 Å². The minimum absolute atomic E-state index is 0.318. The Bertz CT molecular complexity index is 813. The van der Waals surface area contributed by atoms with Crippen molar-refractivity contribution in [3.63, 3.8) is 0 Å². The maximum atomic E-state index is 12.0. The van der Waals surface area contributed by atoms with Crippen LogP contribution in [0.15, 0.2) is 42.5 Å². The van der Waals surface area contributed by atoms with Crippen LogP contribution in [0.2, 0.25) is 0 Å². The van der Waals surface area contributed by atoms with Crippen LogP contribution >= 0.6 is 11.3 Å². The Morgan fingerprint density at radius 2 is 1.79 bits per heavy atom. The fraction of sp³-hybridized carbons (Fsp3) is 0.222. The van der Waals surface area contributed by atoms with Gasteiger partial charge in [0.1, 0.15) is 11.3 Å². The van der Waals surface area contributed by atoms with Gasteiger partial charge in [0.05, 0.1) is 11.8 Å². The van der Waals surface area contributed by atoms with Gasteiger partial charge >= 0.3 is 6.03 Å². The molecule has 0 atom stereocenters. The van der Waals surface area contributed by atoms with Gasteiger partial charge in [-0.1, -0.05) is 48.9 Å². The molecule has 0 saturated carbocycles. The summed E-state index contributed by atoms with van der Waals surface area (Å²) in [5.74, 6) is 0.695. The molecule has 0 aliphatic rings. The molecule has 0 aliphatic carbocycles. The molecule has 5 nitrogen and oxygen atoms in total. The number of carbonyl (C=O) groups excluding carboxylic acids is 1. The lowest BCUT2D eigenvalue weighted by Crippen LogP contribution is -2.19. The molecular weight excluding hydrogens is 322 g/mol. The Morgan fingerprint density at radius 3 is 2.46 bits per heavy atom. The summed E-state index contributed by atoms with van der Waals surface area (Å²) in [6.07, 6.45) is 0. The van der Waals surface area contributed by atoms with Crippen LogP contribution in [0.5, 0.6) is 5.75 Å². The highest BCUT2D eigenvalue weighted by Gasteiger charge is 2.10. The molecule has 1 heterocycles. The zero-order chi connectivity index (χ0) is 17.5. The minimum atomic E-state index is -0.318. The van der Waals surface area contributed by atoms with Gasteiger partial charge in [-0.25, -0.2) is 9.78 Å². The highest BCUT2D eigenvalue weighted by Crippen LogP contribution is 2.32. The van der Waals surface area contributed by atoms with Crippen molar-refractivity contribution in [2.24, 2.45) is 0 Å². The fourth-order valence-electron chi connectivity index (χ4n) is 2.04. The van der Waals surface area contributed by atoms with Gasteiger partial charge in [0.2, 0.25) is 0 Å². The average molecular weight is 343 g/mol. The lowest BCUT2D eigenvalue weighted by Gasteiger charge is -2.05. The van der Waals surface area contributed by atoms with Crippen molar-refractivity contribution in [1.29, 1.82) is 0 Å². The summed E-state index contributed by atoms with van der Waals surface area (Å²) < 4.78 is 6.23. The summed E-state index contributed by atoms with van der Waals surface area (Å²) in [5, 5.41) is 6.06. The summed E-state index contributed by atoms with van der Waals surface area (Å²) in [6.45, 7) is 6.00. The third kappa shape index (κ3) is 4.23. The number of aromatic nitrogens is 1. The fourth-order valence-corrected chi connectivity index (χ4v) is 2.92. The van der Waals surface area contributed by atoms with Gasteiger partial charge in [-0.05, 0) is 31.2 Å². The largest absolute Gasteiger partial charge is 0.494 e. The standard InChI is InChI=1S/C16H15N3O2S.C2H6/c1-10-6-8-11(9-7-10)17-15(20)19-16-18-14-12(21-2)4-3-5-13(14)22-16;1-2/h3-9H,1-2H3,(H2,17,18,19,20);1-2H3. The number of ether oxygens (including phenoxy) is 1. The number of rotatable bonds is 3. The zero-order valence-corrected chi connectivity index (χ0v) is 15.0. The quantitative estimate of drug-likeness (QED) is 0.680. The van der Waals surface area contributed by atoms with E-state index in [1.165, 1.54) is 11.3 Å². The monoisotopic (exact) mass is 343 g/mol. The number of amides is 2. The molecule has 3 rings (SSSR count). The van der Waals surface area contributed by atoms with Crippen LogP contribution < -0.4 is 15.4 Å². The van der Waals surface area contributed by atoms with E-state index in [1.807, 2.05) is 63.2 Å². The van der Waals surface area contributed by atoms with Crippen LogP contribution in [0.4, 0.5) is 15.6 Å². The van der Waals surface area contributed by atoms with E-state index in [0.29, 0.717) is 10.9 Å². The zero-order valence-electron chi connectivity index (χ0n) is 14.2. The van der Waals surface area contributed by atoms with E-state index >= 15 is 0 Å². The second kappa shape index (κ2) is 8.31. The summed E-state index contributed by atoms with van der Waals surface area (Å²) in [7, 11) is 1.60. The maximum absolute atomic E-state index is 12.0. The molecule has 0 unspecified atom stereocenters. The highest BCUT2D eigenvalue weighted by atomic mass is 32.1. The number of urea groups is 1. The minimum Gasteiger partial charge on any atom is -0.494 e. The predicted molar refractivity (Wildman–Crippen MR) is 101 cm³/mol. The number of nitrogens with one attached hydrogen (secondary N) is 2. The average Bonchev–Trinajstić information content (AvgIpc) is 3.00. The number of benzene rings is 2. The number of aryl methyl sites for hydroxylation is 1. The van der Waals surface area contributed by atoms with Gasteiger partial charge in [-0.3, -0.25) is 5.32 Å². The Morgan fingerprint density at radius 1 is 1.08 bits per heavy atom. The summed E-state index contributed by atoms with van der Waals surface area (Å²) >= 11 is 1.41. The first-order chi connectivity index (χ1) is 11.7. The van der Waals surface area contributed by atoms with E-state index in [4.69, 9.17) is 4.74 Å². The summed E-state index contributed by atoms with van der Waals surface area (Å²) in [6, 6.07) is 13.0. The molecule has 126 valence electrons. The van der Waals surface area contributed by atoms with E-state index in [1.54, 1.807) is 7.11 Å². The number of hydrogen-bond acceptors (Lipinski definition) is 4. The smallest absolute Gasteiger partial charge is 0.325 e. The van der Waals surface area contributed by atoms with E-state index in [9.17, 15) is 4.79 Å². The van der Waals surface area contributed by atoms with E-state index in [0.717, 1.165) is 21.5 Å². The molecule has 2 amide bonds. The molecule has 1 aromatic heterocycles. The Balaban J connectivity index is 0.00000100. The molecule has 0 saturated heterocycles. The van der Waals surface area contributed by atoms with Crippen molar-refractivity contribution in [2.45, 2.75) is 20.8 Å². The normalized spacial score (nSPS) is 9.83. The first-order valence-corrected chi connectivity index (χ1v) is 8.55. The summed E-state index contributed by atoms with van der Waals surface area (Å²) in [4.78, 5) is 16.4. The molecular formula is C18H21N3O2S. The van der Waals surface area contributed by atoms with Gasteiger partial charge in [-0.2, -0.15) is 0 Å².